The molecule has 0 bridgehead atoms. The van der Waals surface area contributed by atoms with Crippen LogP contribution >= 0.6 is 0 Å². The Morgan fingerprint density at radius 1 is 1.22 bits per heavy atom. The van der Waals surface area contributed by atoms with Gasteiger partial charge in [0.25, 0.3) is 11.8 Å². The Hall–Kier alpha value is -2.84. The van der Waals surface area contributed by atoms with Crippen molar-refractivity contribution in [2.24, 2.45) is 5.92 Å². The minimum Gasteiger partial charge on any atom is -0.491 e. The van der Waals surface area contributed by atoms with E-state index < -0.39 is 17.7 Å². The van der Waals surface area contributed by atoms with Crippen molar-refractivity contribution < 1.29 is 27.1 Å². The first-order valence-corrected chi connectivity index (χ1v) is 8.53. The molecule has 0 radical (unpaired) electrons. The Labute approximate surface area is 152 Å². The van der Waals surface area contributed by atoms with Gasteiger partial charge in [0, 0.05) is 6.42 Å². The van der Waals surface area contributed by atoms with Crippen LogP contribution in [0.4, 0.5) is 13.2 Å². The molecule has 1 aliphatic carbocycles. The number of nitrogens with zero attached hydrogens (tertiary/aromatic N) is 3. The van der Waals surface area contributed by atoms with E-state index in [9.17, 15) is 13.2 Å². The fourth-order valence-electron chi connectivity index (χ4n) is 2.50. The molecule has 1 aliphatic rings. The van der Waals surface area contributed by atoms with Gasteiger partial charge in [0.2, 0.25) is 11.7 Å². The predicted octanol–water partition coefficient (Wildman–Crippen LogP) is 4.25. The summed E-state index contributed by atoms with van der Waals surface area (Å²) in [4.78, 5) is 12.2. The summed E-state index contributed by atoms with van der Waals surface area (Å²) >= 11 is 0. The molecule has 9 heteroatoms. The van der Waals surface area contributed by atoms with E-state index >= 15 is 0 Å². The highest BCUT2D eigenvalue weighted by Gasteiger charge is 2.57. The second kappa shape index (κ2) is 6.71. The quantitative estimate of drug-likeness (QED) is 0.611. The van der Waals surface area contributed by atoms with E-state index in [1.807, 2.05) is 6.92 Å². The van der Waals surface area contributed by atoms with Gasteiger partial charge < -0.3 is 13.9 Å². The van der Waals surface area contributed by atoms with Crippen LogP contribution in [-0.2, 0) is 0 Å². The van der Waals surface area contributed by atoms with Gasteiger partial charge in [-0.25, -0.2) is 23.7 Å². The molecule has 0 aliphatic heterocycles. The summed E-state index contributed by atoms with van der Waals surface area (Å²) in [5, 5.41) is 0. The van der Waals surface area contributed by atoms with E-state index in [4.69, 9.17) is 13.9 Å². The molecule has 6 nitrogen and oxygen atoms in total. The Morgan fingerprint density at radius 3 is 2.70 bits per heavy atom. The zero-order valence-electron chi connectivity index (χ0n) is 14.4. The van der Waals surface area contributed by atoms with E-state index in [1.54, 1.807) is 12.1 Å². The lowest BCUT2D eigenvalue weighted by atomic mass is 10.3. The number of hydrogen-bond acceptors (Lipinski definition) is 6. The SMILES string of the molecule is CCCOc1ncc2nc(-c3ccc(OC[C@H]4CC4(F)F)cn3)oc2c1F. The van der Waals surface area contributed by atoms with Gasteiger partial charge in [-0.1, -0.05) is 6.92 Å². The number of hydrogen-bond donors (Lipinski definition) is 0. The van der Waals surface area contributed by atoms with Crippen molar-refractivity contribution in [3.05, 3.63) is 30.3 Å². The van der Waals surface area contributed by atoms with Gasteiger partial charge in [0.05, 0.1) is 31.5 Å². The maximum atomic E-state index is 14.4. The van der Waals surface area contributed by atoms with Crippen molar-refractivity contribution in [2.75, 3.05) is 13.2 Å². The van der Waals surface area contributed by atoms with Crippen molar-refractivity contribution in [1.82, 2.24) is 15.0 Å². The molecular formula is C18H16F3N3O3. The first-order valence-electron chi connectivity index (χ1n) is 8.53. The number of halogens is 3. The highest BCUT2D eigenvalue weighted by Crippen LogP contribution is 2.48. The molecule has 0 saturated heterocycles. The third-order valence-electron chi connectivity index (χ3n) is 4.15. The molecular weight excluding hydrogens is 363 g/mol. The highest BCUT2D eigenvalue weighted by molar-refractivity contribution is 5.76. The summed E-state index contributed by atoms with van der Waals surface area (Å²) in [6.07, 6.45) is 3.32. The molecule has 0 amide bonds. The summed E-state index contributed by atoms with van der Waals surface area (Å²) in [6.45, 7) is 2.18. The molecule has 0 unspecified atom stereocenters. The molecule has 27 heavy (non-hydrogen) atoms. The molecule has 3 aromatic heterocycles. The largest absolute Gasteiger partial charge is 0.491 e. The van der Waals surface area contributed by atoms with Crippen molar-refractivity contribution in [3.8, 4) is 23.2 Å². The third kappa shape index (κ3) is 3.54. The van der Waals surface area contributed by atoms with Crippen molar-refractivity contribution in [3.63, 3.8) is 0 Å². The molecule has 142 valence electrons. The third-order valence-corrected chi connectivity index (χ3v) is 4.15. The molecule has 1 atom stereocenters. The van der Waals surface area contributed by atoms with Gasteiger partial charge in [-0.15, -0.1) is 0 Å². The van der Waals surface area contributed by atoms with Gasteiger partial charge >= 0.3 is 0 Å². The van der Waals surface area contributed by atoms with Crippen LogP contribution < -0.4 is 9.47 Å². The Kier molecular flexibility index (Phi) is 4.37. The van der Waals surface area contributed by atoms with Crippen LogP contribution in [0.1, 0.15) is 19.8 Å². The van der Waals surface area contributed by atoms with Crippen molar-refractivity contribution in [1.29, 1.82) is 0 Å². The molecule has 1 fully saturated rings. The summed E-state index contributed by atoms with van der Waals surface area (Å²) in [6, 6.07) is 3.13. The van der Waals surface area contributed by atoms with Crippen LogP contribution in [0.2, 0.25) is 0 Å². The van der Waals surface area contributed by atoms with Crippen LogP contribution in [0.25, 0.3) is 22.7 Å². The maximum absolute atomic E-state index is 14.4. The molecule has 0 aromatic carbocycles. The second-order valence-corrected chi connectivity index (χ2v) is 6.31. The Morgan fingerprint density at radius 2 is 2.04 bits per heavy atom. The molecule has 0 spiro atoms. The first-order chi connectivity index (χ1) is 13.0. The topological polar surface area (TPSA) is 70.3 Å². The zero-order chi connectivity index (χ0) is 19.0. The standard InChI is InChI=1S/C18H16F3N3O3/c1-2-5-25-17-14(19)15-13(8-23-17)24-16(27-15)12-4-3-11(7-22-12)26-9-10-6-18(10,20)21/h3-4,7-8,10H,2,5-6,9H2,1H3/t10-/m1/s1. The van der Waals surface area contributed by atoms with Crippen LogP contribution in [-0.4, -0.2) is 34.1 Å². The number of ether oxygens (including phenoxy) is 2. The number of alkyl halides is 2. The van der Waals surface area contributed by atoms with Crippen LogP contribution in [0.15, 0.2) is 28.9 Å². The number of rotatable bonds is 7. The summed E-state index contributed by atoms with van der Waals surface area (Å²) in [5.74, 6) is -3.75. The fourth-order valence-corrected chi connectivity index (χ4v) is 2.50. The first kappa shape index (κ1) is 17.6. The van der Waals surface area contributed by atoms with Crippen LogP contribution in [0, 0.1) is 11.7 Å². The van der Waals surface area contributed by atoms with Crippen LogP contribution in [0.3, 0.4) is 0 Å². The minimum absolute atomic E-state index is 0.0612. The van der Waals surface area contributed by atoms with Gasteiger partial charge in [0.15, 0.2) is 5.58 Å². The smallest absolute Gasteiger partial charge is 0.255 e. The molecule has 1 saturated carbocycles. The average Bonchev–Trinajstić information content (AvgIpc) is 3.06. The van der Waals surface area contributed by atoms with E-state index in [1.165, 1.54) is 12.4 Å². The second-order valence-electron chi connectivity index (χ2n) is 6.31. The van der Waals surface area contributed by atoms with E-state index in [2.05, 4.69) is 15.0 Å². The lowest BCUT2D eigenvalue weighted by Crippen LogP contribution is -2.05. The molecule has 4 rings (SSSR count). The van der Waals surface area contributed by atoms with Gasteiger partial charge in [-0.3, -0.25) is 0 Å². The Balaban J connectivity index is 1.50. The van der Waals surface area contributed by atoms with E-state index in [0.29, 0.717) is 18.1 Å². The number of fused-ring (bicyclic) bond motifs is 1. The monoisotopic (exact) mass is 379 g/mol. The van der Waals surface area contributed by atoms with Crippen molar-refractivity contribution >= 4 is 11.1 Å². The van der Waals surface area contributed by atoms with E-state index in [0.717, 1.165) is 6.42 Å². The van der Waals surface area contributed by atoms with Gasteiger partial charge in [-0.2, -0.15) is 4.39 Å². The molecule has 0 N–H and O–H groups in total. The molecule has 3 heterocycles. The number of pyridine rings is 2. The fraction of sp³-hybridized carbons (Fsp3) is 0.389. The van der Waals surface area contributed by atoms with Gasteiger partial charge in [0.1, 0.15) is 17.0 Å². The number of aromatic nitrogens is 3. The molecule has 3 aromatic rings. The Bertz CT molecular complexity index is 960. The maximum Gasteiger partial charge on any atom is 0.255 e. The normalized spacial score (nSPS) is 17.9. The number of oxazole rings is 1. The highest BCUT2D eigenvalue weighted by atomic mass is 19.3. The lowest BCUT2D eigenvalue weighted by Gasteiger charge is -2.05. The lowest BCUT2D eigenvalue weighted by molar-refractivity contribution is 0.0855. The summed E-state index contributed by atoms with van der Waals surface area (Å²) in [7, 11) is 0. The zero-order valence-corrected chi connectivity index (χ0v) is 14.4. The van der Waals surface area contributed by atoms with E-state index in [-0.39, 0.29) is 35.9 Å². The minimum atomic E-state index is -2.62. The predicted molar refractivity (Wildman–Crippen MR) is 89.3 cm³/mol. The summed E-state index contributed by atoms with van der Waals surface area (Å²) in [5.41, 5.74) is 0.527. The van der Waals surface area contributed by atoms with Crippen LogP contribution in [0.5, 0.6) is 11.6 Å². The summed E-state index contributed by atoms with van der Waals surface area (Å²) < 4.78 is 56.1. The van der Waals surface area contributed by atoms with Gasteiger partial charge in [-0.05, 0) is 18.6 Å². The average molecular weight is 379 g/mol. The van der Waals surface area contributed by atoms with Crippen molar-refractivity contribution in [2.45, 2.75) is 25.7 Å².